The summed E-state index contributed by atoms with van der Waals surface area (Å²) in [6.07, 6.45) is 0.260. The fourth-order valence-corrected chi connectivity index (χ4v) is 1.71. The van der Waals surface area contributed by atoms with Crippen LogP contribution in [0.5, 0.6) is 5.75 Å². The molecule has 0 fully saturated rings. The second-order valence-corrected chi connectivity index (χ2v) is 6.15. The second-order valence-electron chi connectivity index (χ2n) is 6.15. The Morgan fingerprint density at radius 3 is 2.05 bits per heavy atom. The highest BCUT2D eigenvalue weighted by atomic mass is 16.5. The third kappa shape index (κ3) is 6.92. The summed E-state index contributed by atoms with van der Waals surface area (Å²) in [6.45, 7) is 13.1. The molecule has 20 heavy (non-hydrogen) atoms. The molecular weight excluding hydrogens is 252 g/mol. The van der Waals surface area contributed by atoms with E-state index in [2.05, 4.69) is 32.9 Å². The smallest absolute Gasteiger partial charge is 0.119 e. The summed E-state index contributed by atoms with van der Waals surface area (Å²) in [5.41, 5.74) is 1.49. The van der Waals surface area contributed by atoms with Gasteiger partial charge in [-0.2, -0.15) is 0 Å². The lowest BCUT2D eigenvalue weighted by Crippen LogP contribution is -2.13. The van der Waals surface area contributed by atoms with Crippen LogP contribution in [-0.4, -0.2) is 32.5 Å². The van der Waals surface area contributed by atoms with E-state index in [1.165, 1.54) is 5.56 Å². The molecule has 0 aliphatic carbocycles. The highest BCUT2D eigenvalue weighted by Gasteiger charge is 2.12. The van der Waals surface area contributed by atoms with Crippen LogP contribution in [0.4, 0.5) is 0 Å². The average Bonchev–Trinajstić information content (AvgIpc) is 2.37. The van der Waals surface area contributed by atoms with E-state index in [-0.39, 0.29) is 11.5 Å². The fourth-order valence-electron chi connectivity index (χ4n) is 1.71. The normalized spacial score (nSPS) is 11.9. The number of rotatable bonds is 8. The van der Waals surface area contributed by atoms with Crippen molar-refractivity contribution in [1.29, 1.82) is 0 Å². The monoisotopic (exact) mass is 280 g/mol. The molecule has 0 saturated carbocycles. The maximum Gasteiger partial charge on any atom is 0.119 e. The SMILES string of the molecule is CC(C)OCCOCCOc1ccc(C(C)(C)C)cc1. The summed E-state index contributed by atoms with van der Waals surface area (Å²) in [4.78, 5) is 0. The van der Waals surface area contributed by atoms with Crippen LogP contribution in [-0.2, 0) is 14.9 Å². The molecule has 0 bridgehead atoms. The van der Waals surface area contributed by atoms with Gasteiger partial charge >= 0.3 is 0 Å². The van der Waals surface area contributed by atoms with Gasteiger partial charge in [0, 0.05) is 0 Å². The van der Waals surface area contributed by atoms with Gasteiger partial charge in [0.2, 0.25) is 0 Å². The average molecular weight is 280 g/mol. The Morgan fingerprint density at radius 1 is 0.900 bits per heavy atom. The van der Waals surface area contributed by atoms with Gasteiger partial charge in [0.25, 0.3) is 0 Å². The Labute approximate surface area is 123 Å². The summed E-state index contributed by atoms with van der Waals surface area (Å²) < 4.78 is 16.5. The highest BCUT2D eigenvalue weighted by Crippen LogP contribution is 2.24. The molecule has 3 nitrogen and oxygen atoms in total. The van der Waals surface area contributed by atoms with Gasteiger partial charge in [-0.25, -0.2) is 0 Å². The maximum absolute atomic E-state index is 5.64. The van der Waals surface area contributed by atoms with Crippen LogP contribution in [0.2, 0.25) is 0 Å². The first-order chi connectivity index (χ1) is 9.39. The molecule has 0 aliphatic rings. The van der Waals surface area contributed by atoms with Crippen molar-refractivity contribution in [3.8, 4) is 5.75 Å². The standard InChI is InChI=1S/C17H28O3/c1-14(2)19-12-10-18-11-13-20-16-8-6-15(7-9-16)17(3,4)5/h6-9,14H,10-13H2,1-5H3. The lowest BCUT2D eigenvalue weighted by atomic mass is 9.87. The second kappa shape index (κ2) is 8.28. The molecule has 0 aromatic heterocycles. The van der Waals surface area contributed by atoms with Crippen LogP contribution in [0.1, 0.15) is 40.2 Å². The van der Waals surface area contributed by atoms with Crippen molar-refractivity contribution >= 4 is 0 Å². The Balaban J connectivity index is 2.16. The van der Waals surface area contributed by atoms with E-state index in [1.54, 1.807) is 0 Å². The molecule has 1 rings (SSSR count). The molecule has 0 saturated heterocycles. The van der Waals surface area contributed by atoms with Gasteiger partial charge in [0.05, 0.1) is 25.9 Å². The summed E-state index contributed by atoms with van der Waals surface area (Å²) in [6, 6.07) is 8.27. The first kappa shape index (κ1) is 17.0. The van der Waals surface area contributed by atoms with E-state index < -0.39 is 0 Å². The molecule has 3 heteroatoms. The zero-order valence-corrected chi connectivity index (χ0v) is 13.4. The summed E-state index contributed by atoms with van der Waals surface area (Å²) in [7, 11) is 0. The van der Waals surface area contributed by atoms with Crippen molar-refractivity contribution in [3.63, 3.8) is 0 Å². The van der Waals surface area contributed by atoms with Crippen LogP contribution in [0, 0.1) is 0 Å². The van der Waals surface area contributed by atoms with E-state index in [0.29, 0.717) is 26.4 Å². The minimum Gasteiger partial charge on any atom is -0.491 e. The van der Waals surface area contributed by atoms with Gasteiger partial charge in [-0.3, -0.25) is 0 Å². The molecule has 0 atom stereocenters. The number of ether oxygens (including phenoxy) is 3. The van der Waals surface area contributed by atoms with Crippen LogP contribution >= 0.6 is 0 Å². The Bertz CT molecular complexity index is 363. The minimum atomic E-state index is 0.179. The number of hydrogen-bond donors (Lipinski definition) is 0. The van der Waals surface area contributed by atoms with Gasteiger partial charge in [0.1, 0.15) is 12.4 Å². The van der Waals surface area contributed by atoms with E-state index in [1.807, 2.05) is 26.0 Å². The molecule has 0 spiro atoms. The zero-order chi connectivity index (χ0) is 15.0. The molecule has 0 aliphatic heterocycles. The largest absolute Gasteiger partial charge is 0.491 e. The van der Waals surface area contributed by atoms with Crippen LogP contribution in [0.3, 0.4) is 0 Å². The third-order valence-corrected chi connectivity index (χ3v) is 2.90. The van der Waals surface area contributed by atoms with Crippen molar-refractivity contribution < 1.29 is 14.2 Å². The molecule has 0 N–H and O–H groups in total. The molecule has 1 aromatic rings. The number of hydrogen-bond acceptors (Lipinski definition) is 3. The third-order valence-electron chi connectivity index (χ3n) is 2.90. The van der Waals surface area contributed by atoms with E-state index in [4.69, 9.17) is 14.2 Å². The topological polar surface area (TPSA) is 27.7 Å². The Morgan fingerprint density at radius 2 is 1.50 bits per heavy atom. The first-order valence-electron chi connectivity index (χ1n) is 7.32. The van der Waals surface area contributed by atoms with Crippen LogP contribution < -0.4 is 4.74 Å². The molecule has 1 aromatic carbocycles. The zero-order valence-electron chi connectivity index (χ0n) is 13.4. The molecular formula is C17H28O3. The number of benzene rings is 1. The van der Waals surface area contributed by atoms with E-state index >= 15 is 0 Å². The van der Waals surface area contributed by atoms with Crippen LogP contribution in [0.15, 0.2) is 24.3 Å². The Hall–Kier alpha value is -1.06. The fraction of sp³-hybridized carbons (Fsp3) is 0.647. The quantitative estimate of drug-likeness (QED) is 0.678. The first-order valence-corrected chi connectivity index (χ1v) is 7.32. The van der Waals surface area contributed by atoms with Gasteiger partial charge in [-0.15, -0.1) is 0 Å². The van der Waals surface area contributed by atoms with Crippen molar-refractivity contribution in [2.75, 3.05) is 26.4 Å². The Kier molecular flexibility index (Phi) is 7.03. The van der Waals surface area contributed by atoms with E-state index in [9.17, 15) is 0 Å². The van der Waals surface area contributed by atoms with Crippen molar-refractivity contribution in [2.24, 2.45) is 0 Å². The molecule has 0 amide bonds. The lowest BCUT2D eigenvalue weighted by Gasteiger charge is -2.19. The van der Waals surface area contributed by atoms with Gasteiger partial charge in [-0.1, -0.05) is 32.9 Å². The van der Waals surface area contributed by atoms with Crippen LogP contribution in [0.25, 0.3) is 0 Å². The molecule has 0 radical (unpaired) electrons. The van der Waals surface area contributed by atoms with Crippen molar-refractivity contribution in [1.82, 2.24) is 0 Å². The van der Waals surface area contributed by atoms with Gasteiger partial charge in [0.15, 0.2) is 0 Å². The van der Waals surface area contributed by atoms with Gasteiger partial charge in [-0.05, 0) is 37.0 Å². The summed E-state index contributed by atoms with van der Waals surface area (Å²) >= 11 is 0. The molecule has 0 heterocycles. The maximum atomic E-state index is 5.64. The molecule has 114 valence electrons. The van der Waals surface area contributed by atoms with Crippen molar-refractivity contribution in [3.05, 3.63) is 29.8 Å². The van der Waals surface area contributed by atoms with E-state index in [0.717, 1.165) is 5.75 Å². The lowest BCUT2D eigenvalue weighted by molar-refractivity contribution is 0.0124. The predicted molar refractivity (Wildman–Crippen MR) is 82.5 cm³/mol. The molecule has 0 unspecified atom stereocenters. The van der Waals surface area contributed by atoms with Crippen molar-refractivity contribution in [2.45, 2.75) is 46.1 Å². The predicted octanol–water partition coefficient (Wildman–Crippen LogP) is 3.80. The minimum absolute atomic E-state index is 0.179. The summed E-state index contributed by atoms with van der Waals surface area (Å²) in [5, 5.41) is 0. The highest BCUT2D eigenvalue weighted by molar-refractivity contribution is 5.31. The van der Waals surface area contributed by atoms with Gasteiger partial charge < -0.3 is 14.2 Å². The summed E-state index contributed by atoms with van der Waals surface area (Å²) in [5.74, 6) is 0.889.